The summed E-state index contributed by atoms with van der Waals surface area (Å²) in [5.74, 6) is 0.762. The van der Waals surface area contributed by atoms with Crippen LogP contribution in [0, 0.1) is 5.92 Å². The zero-order valence-electron chi connectivity index (χ0n) is 16.1. The maximum absolute atomic E-state index is 12.8. The van der Waals surface area contributed by atoms with E-state index in [0.29, 0.717) is 5.92 Å². The summed E-state index contributed by atoms with van der Waals surface area (Å²) < 4.78 is 0. The molecule has 1 unspecified atom stereocenters. The fraction of sp³-hybridized carbons (Fsp3) is 0.524. The van der Waals surface area contributed by atoms with Crippen molar-refractivity contribution in [1.82, 2.24) is 15.2 Å². The Morgan fingerprint density at radius 2 is 2.00 bits per heavy atom. The molecule has 1 amide bonds. The van der Waals surface area contributed by atoms with Crippen LogP contribution in [0.4, 0.5) is 5.13 Å². The molecule has 0 saturated carbocycles. The Hall–Kier alpha value is -1.47. The lowest BCUT2D eigenvalue weighted by Crippen LogP contribution is -2.40. The van der Waals surface area contributed by atoms with Crippen molar-refractivity contribution in [2.75, 3.05) is 31.5 Å². The maximum Gasteiger partial charge on any atom is 0.230 e. The summed E-state index contributed by atoms with van der Waals surface area (Å²) in [6.07, 6.45) is 6.31. The molecular formula is C21H29ClN4OS. The van der Waals surface area contributed by atoms with Gasteiger partial charge in [-0.15, -0.1) is 23.7 Å². The Morgan fingerprint density at radius 1 is 1.21 bits per heavy atom. The standard InChI is InChI=1S/C21H28N4OS.ClH/c26-20(24-21-23-13-19(27-21)17-8-10-22-11-9-17)18-7-4-12-25(15-18)14-16-5-2-1-3-6-16;/h1-3,5-6,13,17-18,22H,4,7-12,14-15H2,(H,23,24,26);1H. The molecule has 7 heteroatoms. The van der Waals surface area contributed by atoms with Gasteiger partial charge in [0.25, 0.3) is 0 Å². The minimum Gasteiger partial charge on any atom is -0.317 e. The number of nitrogens with zero attached hydrogens (tertiary/aromatic N) is 2. The summed E-state index contributed by atoms with van der Waals surface area (Å²) in [4.78, 5) is 20.9. The van der Waals surface area contributed by atoms with Crippen molar-refractivity contribution in [2.24, 2.45) is 5.92 Å². The summed E-state index contributed by atoms with van der Waals surface area (Å²) in [5, 5.41) is 7.24. The number of amides is 1. The molecule has 0 bridgehead atoms. The van der Waals surface area contributed by atoms with Crippen LogP contribution in [0.1, 0.15) is 42.0 Å². The molecule has 2 N–H and O–H groups in total. The quantitative estimate of drug-likeness (QED) is 0.770. The first kappa shape index (κ1) is 21.2. The van der Waals surface area contributed by atoms with Crippen molar-refractivity contribution in [2.45, 2.75) is 38.1 Å². The lowest BCUT2D eigenvalue weighted by molar-refractivity contribution is -0.121. The number of carbonyl (C=O) groups is 1. The topological polar surface area (TPSA) is 57.3 Å². The first-order valence-corrected chi connectivity index (χ1v) is 10.8. The number of likely N-dealkylation sites (tertiary alicyclic amines) is 1. The van der Waals surface area contributed by atoms with E-state index < -0.39 is 0 Å². The van der Waals surface area contributed by atoms with Gasteiger partial charge in [-0.3, -0.25) is 9.69 Å². The molecule has 4 rings (SSSR count). The highest BCUT2D eigenvalue weighted by Crippen LogP contribution is 2.32. The smallest absolute Gasteiger partial charge is 0.230 e. The maximum atomic E-state index is 12.8. The molecule has 0 radical (unpaired) electrons. The van der Waals surface area contributed by atoms with Crippen LogP contribution in [0.25, 0.3) is 0 Å². The van der Waals surface area contributed by atoms with Gasteiger partial charge in [-0.1, -0.05) is 30.3 Å². The highest BCUT2D eigenvalue weighted by molar-refractivity contribution is 7.15. The fourth-order valence-electron chi connectivity index (χ4n) is 4.10. The van der Waals surface area contributed by atoms with Crippen LogP contribution in [-0.2, 0) is 11.3 Å². The molecule has 1 aromatic heterocycles. The number of thiazole rings is 1. The molecule has 2 fully saturated rings. The van der Waals surface area contributed by atoms with E-state index in [1.54, 1.807) is 11.3 Å². The molecule has 5 nitrogen and oxygen atoms in total. The van der Waals surface area contributed by atoms with Crippen molar-refractivity contribution < 1.29 is 4.79 Å². The Labute approximate surface area is 177 Å². The van der Waals surface area contributed by atoms with E-state index in [4.69, 9.17) is 0 Å². The largest absolute Gasteiger partial charge is 0.317 e. The van der Waals surface area contributed by atoms with E-state index in [1.807, 2.05) is 12.3 Å². The predicted octanol–water partition coefficient (Wildman–Crippen LogP) is 3.88. The highest BCUT2D eigenvalue weighted by Gasteiger charge is 2.27. The summed E-state index contributed by atoms with van der Waals surface area (Å²) >= 11 is 1.65. The minimum absolute atomic E-state index is 0. The lowest BCUT2D eigenvalue weighted by Gasteiger charge is -2.31. The van der Waals surface area contributed by atoms with E-state index in [0.717, 1.165) is 63.5 Å². The van der Waals surface area contributed by atoms with Gasteiger partial charge in [-0.05, 0) is 56.8 Å². The van der Waals surface area contributed by atoms with Crippen molar-refractivity contribution in [3.05, 3.63) is 47.0 Å². The second-order valence-electron chi connectivity index (χ2n) is 7.64. The van der Waals surface area contributed by atoms with E-state index in [9.17, 15) is 4.79 Å². The minimum atomic E-state index is 0. The van der Waals surface area contributed by atoms with Gasteiger partial charge in [0, 0.05) is 24.2 Å². The van der Waals surface area contributed by atoms with Gasteiger partial charge < -0.3 is 10.6 Å². The monoisotopic (exact) mass is 420 g/mol. The molecule has 3 heterocycles. The first-order valence-electron chi connectivity index (χ1n) is 10.0. The number of anilines is 1. The molecule has 2 aliphatic heterocycles. The van der Waals surface area contributed by atoms with Gasteiger partial charge in [0.1, 0.15) is 0 Å². The summed E-state index contributed by atoms with van der Waals surface area (Å²) in [6.45, 7) is 4.96. The zero-order valence-corrected chi connectivity index (χ0v) is 17.7. The van der Waals surface area contributed by atoms with Crippen LogP contribution in [0.3, 0.4) is 0 Å². The molecule has 0 aliphatic carbocycles. The van der Waals surface area contributed by atoms with Crippen molar-refractivity contribution in [3.8, 4) is 0 Å². The number of piperidine rings is 2. The number of aromatic nitrogens is 1. The van der Waals surface area contributed by atoms with Crippen LogP contribution in [0.2, 0.25) is 0 Å². The van der Waals surface area contributed by atoms with Gasteiger partial charge in [0.15, 0.2) is 5.13 Å². The van der Waals surface area contributed by atoms with Crippen LogP contribution in [-0.4, -0.2) is 42.0 Å². The molecule has 2 saturated heterocycles. The third-order valence-electron chi connectivity index (χ3n) is 5.62. The number of benzene rings is 1. The van der Waals surface area contributed by atoms with Crippen LogP contribution in [0.5, 0.6) is 0 Å². The number of nitrogens with one attached hydrogen (secondary N) is 2. The van der Waals surface area contributed by atoms with Gasteiger partial charge in [0.2, 0.25) is 5.91 Å². The number of hydrogen-bond donors (Lipinski definition) is 2. The molecular weight excluding hydrogens is 392 g/mol. The summed E-state index contributed by atoms with van der Waals surface area (Å²) in [7, 11) is 0. The highest BCUT2D eigenvalue weighted by atomic mass is 35.5. The number of carbonyl (C=O) groups excluding carboxylic acids is 1. The summed E-state index contributed by atoms with van der Waals surface area (Å²) in [6, 6.07) is 10.5. The first-order chi connectivity index (χ1) is 13.3. The van der Waals surface area contributed by atoms with E-state index >= 15 is 0 Å². The van der Waals surface area contributed by atoms with E-state index in [1.165, 1.54) is 10.4 Å². The van der Waals surface area contributed by atoms with Crippen molar-refractivity contribution in [3.63, 3.8) is 0 Å². The summed E-state index contributed by atoms with van der Waals surface area (Å²) in [5.41, 5.74) is 1.31. The van der Waals surface area contributed by atoms with E-state index in [2.05, 4.69) is 44.8 Å². The van der Waals surface area contributed by atoms with Crippen LogP contribution in [0.15, 0.2) is 36.5 Å². The number of halogens is 1. The number of rotatable bonds is 5. The SMILES string of the molecule is Cl.O=C(Nc1ncc(C2CCNCC2)s1)C1CCCN(Cc2ccccc2)C1. The third kappa shape index (κ3) is 5.54. The molecule has 28 heavy (non-hydrogen) atoms. The molecule has 152 valence electrons. The zero-order chi connectivity index (χ0) is 18.5. The normalized spacial score (nSPS) is 21.1. The molecule has 2 aromatic rings. The second-order valence-corrected chi connectivity index (χ2v) is 8.70. The lowest BCUT2D eigenvalue weighted by atomic mass is 9.97. The molecule has 1 atom stereocenters. The fourth-order valence-corrected chi connectivity index (χ4v) is 5.09. The average Bonchev–Trinajstić information content (AvgIpc) is 3.18. The average molecular weight is 421 g/mol. The predicted molar refractivity (Wildman–Crippen MR) is 117 cm³/mol. The Balaban J connectivity index is 0.00000225. The molecule has 0 spiro atoms. The van der Waals surface area contributed by atoms with Crippen LogP contribution < -0.4 is 10.6 Å². The Bertz CT molecular complexity index is 748. The number of hydrogen-bond acceptors (Lipinski definition) is 5. The van der Waals surface area contributed by atoms with E-state index in [-0.39, 0.29) is 24.2 Å². The van der Waals surface area contributed by atoms with Gasteiger partial charge in [-0.25, -0.2) is 4.98 Å². The molecule has 1 aromatic carbocycles. The second kappa shape index (κ2) is 10.3. The Kier molecular flexibility index (Phi) is 7.85. The third-order valence-corrected chi connectivity index (χ3v) is 6.70. The Morgan fingerprint density at radius 3 is 2.79 bits per heavy atom. The molecule has 2 aliphatic rings. The van der Waals surface area contributed by atoms with Crippen LogP contribution >= 0.6 is 23.7 Å². The van der Waals surface area contributed by atoms with Gasteiger partial charge >= 0.3 is 0 Å². The van der Waals surface area contributed by atoms with Crippen molar-refractivity contribution in [1.29, 1.82) is 0 Å². The van der Waals surface area contributed by atoms with Gasteiger partial charge in [-0.2, -0.15) is 0 Å². The van der Waals surface area contributed by atoms with Crippen molar-refractivity contribution >= 4 is 34.8 Å². The van der Waals surface area contributed by atoms with Gasteiger partial charge in [0.05, 0.1) is 5.92 Å².